The van der Waals surface area contributed by atoms with E-state index in [0.717, 1.165) is 17.0 Å². The number of allylic oxidation sites excluding steroid dienone is 1. The van der Waals surface area contributed by atoms with E-state index in [-0.39, 0.29) is 12.0 Å². The Kier molecular flexibility index (Phi) is 4.71. The Hall–Kier alpha value is -2.08. The molecule has 2 rings (SSSR count). The topological polar surface area (TPSA) is 42.0 Å². The average molecular weight is 320 g/mol. The van der Waals surface area contributed by atoms with E-state index >= 15 is 0 Å². The normalized spacial score (nSPS) is 18.6. The number of ether oxygens (including phenoxy) is 2. The second-order valence-electron chi connectivity index (χ2n) is 5.12. The van der Waals surface area contributed by atoms with Crippen LogP contribution in [0.5, 0.6) is 5.75 Å². The third kappa shape index (κ3) is 2.66. The van der Waals surface area contributed by atoms with Crippen LogP contribution in [-0.2, 0) is 9.53 Å². The van der Waals surface area contributed by atoms with E-state index in [2.05, 4.69) is 0 Å². The van der Waals surface area contributed by atoms with Crippen molar-refractivity contribution in [3.8, 4) is 5.75 Å². The first-order valence-corrected chi connectivity index (χ1v) is 7.26. The van der Waals surface area contributed by atoms with E-state index in [0.29, 0.717) is 10.7 Å². The van der Waals surface area contributed by atoms with Crippen LogP contribution in [-0.4, -0.2) is 49.2 Å². The number of likely N-dealkylation sites (N-methyl/N-ethyl adjacent to an activating group) is 1. The molecule has 1 aromatic carbocycles. The van der Waals surface area contributed by atoms with E-state index in [1.54, 1.807) is 7.11 Å². The van der Waals surface area contributed by atoms with Gasteiger partial charge in [-0.15, -0.1) is 0 Å². The Morgan fingerprint density at radius 1 is 1.18 bits per heavy atom. The Bertz CT molecular complexity index is 625. The van der Waals surface area contributed by atoms with Gasteiger partial charge in [-0.25, -0.2) is 4.79 Å². The van der Waals surface area contributed by atoms with Gasteiger partial charge in [-0.2, -0.15) is 0 Å². The highest BCUT2D eigenvalue weighted by Crippen LogP contribution is 2.36. The molecule has 0 N–H and O–H groups in total. The Balaban J connectivity index is 2.57. The summed E-state index contributed by atoms with van der Waals surface area (Å²) >= 11 is 5.47. The lowest BCUT2D eigenvalue weighted by Gasteiger charge is -2.41. The second kappa shape index (κ2) is 6.36. The monoisotopic (exact) mass is 320 g/mol. The fraction of sp³-hybridized carbons (Fsp3) is 0.375. The van der Waals surface area contributed by atoms with Crippen LogP contribution in [0.4, 0.5) is 0 Å². The van der Waals surface area contributed by atoms with Crippen molar-refractivity contribution in [2.45, 2.75) is 13.0 Å². The molecule has 1 aliphatic heterocycles. The molecule has 6 heteroatoms. The van der Waals surface area contributed by atoms with Crippen molar-refractivity contribution in [3.05, 3.63) is 41.1 Å². The van der Waals surface area contributed by atoms with Crippen LogP contribution < -0.4 is 4.74 Å². The first-order valence-electron chi connectivity index (χ1n) is 6.86. The molecule has 0 unspecified atom stereocenters. The largest absolute Gasteiger partial charge is 0.497 e. The summed E-state index contributed by atoms with van der Waals surface area (Å²) in [5.41, 5.74) is 2.35. The molecule has 1 aliphatic rings. The number of methoxy groups -OCH3 is 2. The Labute approximate surface area is 136 Å². The average Bonchev–Trinajstić information content (AvgIpc) is 2.55. The summed E-state index contributed by atoms with van der Waals surface area (Å²) in [5, 5.41) is 0.658. The van der Waals surface area contributed by atoms with Gasteiger partial charge in [0.05, 0.1) is 25.8 Å². The molecule has 22 heavy (non-hydrogen) atoms. The van der Waals surface area contributed by atoms with E-state index in [1.807, 2.05) is 55.1 Å². The van der Waals surface area contributed by atoms with Gasteiger partial charge in [0.15, 0.2) is 5.11 Å². The molecule has 118 valence electrons. The summed E-state index contributed by atoms with van der Waals surface area (Å²) in [6, 6.07) is 7.33. The highest BCUT2D eigenvalue weighted by molar-refractivity contribution is 7.80. The number of carbonyl (C=O) groups excluding carboxylic acids is 1. The van der Waals surface area contributed by atoms with Gasteiger partial charge in [-0.1, -0.05) is 12.1 Å². The van der Waals surface area contributed by atoms with Crippen molar-refractivity contribution in [1.29, 1.82) is 0 Å². The molecule has 0 amide bonds. The number of esters is 1. The first kappa shape index (κ1) is 16.3. The lowest BCUT2D eigenvalue weighted by molar-refractivity contribution is -0.137. The quantitative estimate of drug-likeness (QED) is 0.629. The number of nitrogens with zero attached hydrogens (tertiary/aromatic N) is 2. The first-order chi connectivity index (χ1) is 10.4. The zero-order valence-electron chi connectivity index (χ0n) is 13.4. The molecule has 0 fully saturated rings. The predicted molar refractivity (Wildman–Crippen MR) is 88.6 cm³/mol. The number of hydrogen-bond donors (Lipinski definition) is 0. The molecule has 0 radical (unpaired) electrons. The number of benzene rings is 1. The fourth-order valence-electron chi connectivity index (χ4n) is 2.61. The highest BCUT2D eigenvalue weighted by atomic mass is 32.1. The molecule has 1 heterocycles. The second-order valence-corrected chi connectivity index (χ2v) is 5.48. The standard InChI is InChI=1S/C16H20N2O3S/c1-10-13(15(19)21-5)14(18(3)16(22)17(10)2)11-6-8-12(20-4)9-7-11/h6-9,14H,1-5H3/t14-/m1/s1. The van der Waals surface area contributed by atoms with Crippen molar-refractivity contribution in [2.24, 2.45) is 0 Å². The molecular weight excluding hydrogens is 300 g/mol. The van der Waals surface area contributed by atoms with Crippen LogP contribution >= 0.6 is 12.2 Å². The predicted octanol–water partition coefficient (Wildman–Crippen LogP) is 2.35. The molecule has 0 saturated carbocycles. The van der Waals surface area contributed by atoms with Gasteiger partial charge in [-0.05, 0) is 36.8 Å². The SMILES string of the molecule is COC(=O)C1=C(C)N(C)C(=S)N(C)[C@@H]1c1ccc(OC)cc1. The molecular formula is C16H20N2O3S. The molecule has 5 nitrogen and oxygen atoms in total. The minimum Gasteiger partial charge on any atom is -0.497 e. The lowest BCUT2D eigenvalue weighted by atomic mass is 9.94. The molecule has 0 bridgehead atoms. The van der Waals surface area contributed by atoms with Gasteiger partial charge >= 0.3 is 5.97 Å². The van der Waals surface area contributed by atoms with Gasteiger partial charge in [0.2, 0.25) is 0 Å². The highest BCUT2D eigenvalue weighted by Gasteiger charge is 2.37. The van der Waals surface area contributed by atoms with E-state index in [1.165, 1.54) is 7.11 Å². The summed E-state index contributed by atoms with van der Waals surface area (Å²) in [6.45, 7) is 1.88. The molecule has 1 aromatic rings. The van der Waals surface area contributed by atoms with Crippen molar-refractivity contribution in [1.82, 2.24) is 9.80 Å². The molecule has 0 aliphatic carbocycles. The maximum Gasteiger partial charge on any atom is 0.337 e. The van der Waals surface area contributed by atoms with Crippen LogP contribution in [0, 0.1) is 0 Å². The van der Waals surface area contributed by atoms with Crippen molar-refractivity contribution in [3.63, 3.8) is 0 Å². The smallest absolute Gasteiger partial charge is 0.337 e. The van der Waals surface area contributed by atoms with Crippen molar-refractivity contribution in [2.75, 3.05) is 28.3 Å². The molecule has 0 aromatic heterocycles. The number of rotatable bonds is 3. The summed E-state index contributed by atoms with van der Waals surface area (Å²) < 4.78 is 10.2. The summed E-state index contributed by atoms with van der Waals surface area (Å²) in [5.74, 6) is 0.418. The molecule has 1 atom stereocenters. The third-order valence-electron chi connectivity index (χ3n) is 3.98. The minimum absolute atomic E-state index is 0.276. The zero-order chi connectivity index (χ0) is 16.4. The van der Waals surface area contributed by atoms with Gasteiger partial charge in [0.1, 0.15) is 5.75 Å². The van der Waals surface area contributed by atoms with Crippen molar-refractivity contribution < 1.29 is 14.3 Å². The summed E-state index contributed by atoms with van der Waals surface area (Å²) in [4.78, 5) is 16.0. The third-order valence-corrected chi connectivity index (χ3v) is 4.54. The summed E-state index contributed by atoms with van der Waals surface area (Å²) in [7, 11) is 6.74. The molecule has 0 saturated heterocycles. The van der Waals surface area contributed by atoms with Crippen LogP contribution in [0.2, 0.25) is 0 Å². The lowest BCUT2D eigenvalue weighted by Crippen LogP contribution is -2.47. The van der Waals surface area contributed by atoms with Gasteiger partial charge in [0.25, 0.3) is 0 Å². The van der Waals surface area contributed by atoms with E-state index in [9.17, 15) is 4.79 Å². The van der Waals surface area contributed by atoms with Crippen LogP contribution in [0.1, 0.15) is 18.5 Å². The maximum absolute atomic E-state index is 12.3. The van der Waals surface area contributed by atoms with Crippen LogP contribution in [0.25, 0.3) is 0 Å². The molecule has 0 spiro atoms. The number of thiocarbonyl (C=S) groups is 1. The van der Waals surface area contributed by atoms with Crippen molar-refractivity contribution >= 4 is 23.3 Å². The minimum atomic E-state index is -0.348. The van der Waals surface area contributed by atoms with Gasteiger partial charge in [0, 0.05) is 19.8 Å². The number of hydrogen-bond acceptors (Lipinski definition) is 4. The van der Waals surface area contributed by atoms with E-state index < -0.39 is 0 Å². The fourth-order valence-corrected chi connectivity index (χ4v) is 2.85. The number of carbonyl (C=O) groups is 1. The Morgan fingerprint density at radius 2 is 1.77 bits per heavy atom. The van der Waals surface area contributed by atoms with Gasteiger partial charge < -0.3 is 19.3 Å². The maximum atomic E-state index is 12.3. The van der Waals surface area contributed by atoms with Gasteiger partial charge in [-0.3, -0.25) is 0 Å². The Morgan fingerprint density at radius 3 is 2.27 bits per heavy atom. The zero-order valence-corrected chi connectivity index (χ0v) is 14.2. The van der Waals surface area contributed by atoms with Crippen LogP contribution in [0.15, 0.2) is 35.5 Å². The van der Waals surface area contributed by atoms with Crippen LogP contribution in [0.3, 0.4) is 0 Å². The van der Waals surface area contributed by atoms with E-state index in [4.69, 9.17) is 21.7 Å². The summed E-state index contributed by atoms with van der Waals surface area (Å²) in [6.07, 6.45) is 0.